The van der Waals surface area contributed by atoms with E-state index in [0.29, 0.717) is 25.5 Å². The molecule has 0 saturated carbocycles. The molecule has 7 heteroatoms. The van der Waals surface area contributed by atoms with E-state index in [4.69, 9.17) is 9.47 Å². The first kappa shape index (κ1) is 15.6. The van der Waals surface area contributed by atoms with Crippen molar-refractivity contribution in [1.82, 2.24) is 19.9 Å². The number of para-hydroxylation sites is 1. The molecule has 0 bridgehead atoms. The Balaban J connectivity index is 1.40. The molecule has 0 aliphatic carbocycles. The second-order valence-electron chi connectivity index (χ2n) is 5.82. The first-order valence-electron chi connectivity index (χ1n) is 8.15. The summed E-state index contributed by atoms with van der Waals surface area (Å²) in [6.07, 6.45) is 1.75. The zero-order chi connectivity index (χ0) is 17.1. The number of hydrogen-bond donors (Lipinski definition) is 1. The highest BCUT2D eigenvalue weighted by molar-refractivity contribution is 5.77. The number of nitrogens with one attached hydrogen (secondary N) is 1. The lowest BCUT2D eigenvalue weighted by atomic mass is 10.2. The van der Waals surface area contributed by atoms with Gasteiger partial charge in [0.2, 0.25) is 0 Å². The van der Waals surface area contributed by atoms with Crippen molar-refractivity contribution in [3.05, 3.63) is 54.5 Å². The Morgan fingerprint density at radius 3 is 3.04 bits per heavy atom. The molecule has 3 aromatic rings. The third-order valence-electron chi connectivity index (χ3n) is 4.08. The van der Waals surface area contributed by atoms with Crippen LogP contribution in [0.3, 0.4) is 0 Å². The Hall–Kier alpha value is -2.93. The van der Waals surface area contributed by atoms with Gasteiger partial charge in [0.25, 0.3) is 5.91 Å². The Labute approximate surface area is 144 Å². The fourth-order valence-electron chi connectivity index (χ4n) is 2.92. The van der Waals surface area contributed by atoms with E-state index in [-0.39, 0.29) is 18.6 Å². The topological polar surface area (TPSA) is 78.3 Å². The first-order valence-corrected chi connectivity index (χ1v) is 8.15. The number of rotatable bonds is 5. The average Bonchev–Trinajstić information content (AvgIpc) is 3.04. The normalized spacial score (nSPS) is 16.4. The van der Waals surface area contributed by atoms with E-state index >= 15 is 0 Å². The van der Waals surface area contributed by atoms with Gasteiger partial charge in [-0.1, -0.05) is 18.2 Å². The van der Waals surface area contributed by atoms with Crippen LogP contribution in [-0.4, -0.2) is 40.2 Å². The Bertz CT molecular complexity index is 878. The molecule has 3 heterocycles. The largest absolute Gasteiger partial charge is 0.484 e. The summed E-state index contributed by atoms with van der Waals surface area (Å²) in [4.78, 5) is 21.0. The maximum absolute atomic E-state index is 12.1. The number of ether oxygens (including phenoxy) is 2. The van der Waals surface area contributed by atoms with Crippen LogP contribution in [0, 0.1) is 0 Å². The van der Waals surface area contributed by atoms with E-state index in [2.05, 4.69) is 19.9 Å². The maximum Gasteiger partial charge on any atom is 0.258 e. The number of nitrogens with zero attached hydrogens (tertiary/aromatic N) is 3. The predicted molar refractivity (Wildman–Crippen MR) is 91.2 cm³/mol. The second kappa shape index (κ2) is 6.90. The van der Waals surface area contributed by atoms with Gasteiger partial charge in [0.1, 0.15) is 23.7 Å². The molecule has 1 amide bonds. The standard InChI is InChI=1S/C18H18N4O3/c23-17(12-25-14-5-2-1-3-6-14)20-9-13-10-24-11-16-21-15-7-4-8-19-18(15)22(13)16/h1-8,13H,9-12H2,(H,20,23). The highest BCUT2D eigenvalue weighted by Gasteiger charge is 2.25. The molecule has 1 aliphatic heterocycles. The number of imidazole rings is 1. The maximum atomic E-state index is 12.1. The number of benzene rings is 1. The number of aromatic nitrogens is 3. The van der Waals surface area contributed by atoms with E-state index in [1.54, 1.807) is 6.20 Å². The molecule has 0 saturated heterocycles. The first-order chi connectivity index (χ1) is 12.3. The molecule has 1 unspecified atom stereocenters. The monoisotopic (exact) mass is 338 g/mol. The lowest BCUT2D eigenvalue weighted by Crippen LogP contribution is -2.37. The lowest BCUT2D eigenvalue weighted by molar-refractivity contribution is -0.123. The molecule has 1 aliphatic rings. The summed E-state index contributed by atoms with van der Waals surface area (Å²) >= 11 is 0. The SMILES string of the molecule is O=C(COc1ccccc1)NCC1COCc2nc3cccnc3n21. The minimum Gasteiger partial charge on any atom is -0.484 e. The minimum absolute atomic E-state index is 0.0205. The van der Waals surface area contributed by atoms with Gasteiger partial charge in [0.15, 0.2) is 12.3 Å². The fourth-order valence-corrected chi connectivity index (χ4v) is 2.92. The van der Waals surface area contributed by atoms with Gasteiger partial charge in [-0.15, -0.1) is 0 Å². The van der Waals surface area contributed by atoms with Crippen LogP contribution in [0.4, 0.5) is 0 Å². The van der Waals surface area contributed by atoms with Crippen LogP contribution in [0.5, 0.6) is 5.75 Å². The van der Waals surface area contributed by atoms with Crippen molar-refractivity contribution in [3.8, 4) is 5.75 Å². The Morgan fingerprint density at radius 2 is 2.16 bits per heavy atom. The molecular formula is C18H18N4O3. The lowest BCUT2D eigenvalue weighted by Gasteiger charge is -2.25. The summed E-state index contributed by atoms with van der Waals surface area (Å²) in [7, 11) is 0. The van der Waals surface area contributed by atoms with E-state index in [9.17, 15) is 4.79 Å². The summed E-state index contributed by atoms with van der Waals surface area (Å²) in [6.45, 7) is 1.38. The Kier molecular flexibility index (Phi) is 4.30. The van der Waals surface area contributed by atoms with E-state index in [1.165, 1.54) is 0 Å². The third-order valence-corrected chi connectivity index (χ3v) is 4.08. The van der Waals surface area contributed by atoms with E-state index < -0.39 is 0 Å². The van der Waals surface area contributed by atoms with Crippen molar-refractivity contribution < 1.29 is 14.3 Å². The minimum atomic E-state index is -0.173. The summed E-state index contributed by atoms with van der Waals surface area (Å²) in [5.74, 6) is 1.33. The number of pyridine rings is 1. The van der Waals surface area contributed by atoms with E-state index in [0.717, 1.165) is 17.0 Å². The number of fused-ring (bicyclic) bond motifs is 3. The number of carbonyl (C=O) groups is 1. The smallest absolute Gasteiger partial charge is 0.258 e. The highest BCUT2D eigenvalue weighted by Crippen LogP contribution is 2.23. The molecule has 1 N–H and O–H groups in total. The van der Waals surface area contributed by atoms with Gasteiger partial charge in [-0.2, -0.15) is 0 Å². The van der Waals surface area contributed by atoms with Crippen LogP contribution in [0.2, 0.25) is 0 Å². The van der Waals surface area contributed by atoms with Crippen LogP contribution in [-0.2, 0) is 16.1 Å². The van der Waals surface area contributed by atoms with Crippen molar-refractivity contribution in [1.29, 1.82) is 0 Å². The molecule has 1 atom stereocenters. The Morgan fingerprint density at radius 1 is 1.28 bits per heavy atom. The molecular weight excluding hydrogens is 320 g/mol. The highest BCUT2D eigenvalue weighted by atomic mass is 16.5. The van der Waals surface area contributed by atoms with Crippen LogP contribution in [0.1, 0.15) is 11.9 Å². The third kappa shape index (κ3) is 3.32. The number of amides is 1. The summed E-state index contributed by atoms with van der Waals surface area (Å²) in [5, 5.41) is 2.90. The summed E-state index contributed by atoms with van der Waals surface area (Å²) < 4.78 is 13.1. The van der Waals surface area contributed by atoms with Crippen molar-refractivity contribution in [2.45, 2.75) is 12.6 Å². The summed E-state index contributed by atoms with van der Waals surface area (Å²) in [5.41, 5.74) is 1.66. The quantitative estimate of drug-likeness (QED) is 0.766. The van der Waals surface area contributed by atoms with Crippen molar-refractivity contribution in [3.63, 3.8) is 0 Å². The number of carbonyl (C=O) groups excluding carboxylic acids is 1. The summed E-state index contributed by atoms with van der Waals surface area (Å²) in [6, 6.07) is 13.0. The molecule has 7 nitrogen and oxygen atoms in total. The van der Waals surface area contributed by atoms with Gasteiger partial charge in [-0.25, -0.2) is 9.97 Å². The van der Waals surface area contributed by atoms with Crippen molar-refractivity contribution in [2.24, 2.45) is 0 Å². The van der Waals surface area contributed by atoms with Gasteiger partial charge in [-0.05, 0) is 24.3 Å². The van der Waals surface area contributed by atoms with Gasteiger partial charge in [-0.3, -0.25) is 4.79 Å². The van der Waals surface area contributed by atoms with Crippen molar-refractivity contribution in [2.75, 3.05) is 19.8 Å². The van der Waals surface area contributed by atoms with Gasteiger partial charge in [0, 0.05) is 12.7 Å². The van der Waals surface area contributed by atoms with Crippen LogP contribution in [0.15, 0.2) is 48.7 Å². The zero-order valence-corrected chi connectivity index (χ0v) is 13.6. The number of hydrogen-bond acceptors (Lipinski definition) is 5. The average molecular weight is 338 g/mol. The van der Waals surface area contributed by atoms with Gasteiger partial charge in [0.05, 0.1) is 12.6 Å². The zero-order valence-electron chi connectivity index (χ0n) is 13.6. The second-order valence-corrected chi connectivity index (χ2v) is 5.82. The van der Waals surface area contributed by atoms with Crippen LogP contribution < -0.4 is 10.1 Å². The molecule has 0 spiro atoms. The molecule has 4 rings (SSSR count). The molecule has 2 aromatic heterocycles. The molecule has 1 aromatic carbocycles. The molecule has 0 radical (unpaired) electrons. The van der Waals surface area contributed by atoms with E-state index in [1.807, 2.05) is 42.5 Å². The van der Waals surface area contributed by atoms with Gasteiger partial charge < -0.3 is 19.4 Å². The molecule has 0 fully saturated rings. The van der Waals surface area contributed by atoms with Crippen molar-refractivity contribution >= 4 is 17.1 Å². The van der Waals surface area contributed by atoms with Crippen LogP contribution >= 0.6 is 0 Å². The van der Waals surface area contributed by atoms with Crippen LogP contribution in [0.25, 0.3) is 11.2 Å². The molecule has 128 valence electrons. The van der Waals surface area contributed by atoms with Gasteiger partial charge >= 0.3 is 0 Å². The predicted octanol–water partition coefficient (Wildman–Crippen LogP) is 1.70. The molecule has 25 heavy (non-hydrogen) atoms. The fraction of sp³-hybridized carbons (Fsp3) is 0.278.